The van der Waals surface area contributed by atoms with Crippen molar-refractivity contribution in [1.82, 2.24) is 0 Å². The van der Waals surface area contributed by atoms with Gasteiger partial charge in [0.15, 0.2) is 0 Å². The van der Waals surface area contributed by atoms with Gasteiger partial charge in [-0.15, -0.1) is 0 Å². The van der Waals surface area contributed by atoms with Crippen LogP contribution in [0.5, 0.6) is 0 Å². The maximum atomic E-state index is 11.4. The number of nitro benzene ring substituents is 1. The molecule has 1 aromatic carbocycles. The number of nitro groups is 1. The molecule has 0 saturated carbocycles. The van der Waals surface area contributed by atoms with Crippen LogP contribution < -0.4 is 16.0 Å². The number of rotatable bonds is 5. The van der Waals surface area contributed by atoms with Gasteiger partial charge in [0.25, 0.3) is 0 Å². The second-order valence-corrected chi connectivity index (χ2v) is 5.47. The molecule has 1 aromatic rings. The van der Waals surface area contributed by atoms with Gasteiger partial charge in [0.1, 0.15) is 0 Å². The van der Waals surface area contributed by atoms with Gasteiger partial charge in [0.05, 0.1) is 0 Å². The Labute approximate surface area is 115 Å². The van der Waals surface area contributed by atoms with Crippen molar-refractivity contribution in [3.8, 4) is 0 Å². The van der Waals surface area contributed by atoms with Gasteiger partial charge in [-0.1, -0.05) is 0 Å². The molecule has 20 heavy (non-hydrogen) atoms. The molecule has 10 nitrogen and oxygen atoms in total. The molecule has 1 unspecified atom stereocenters. The van der Waals surface area contributed by atoms with Crippen molar-refractivity contribution >= 4 is 31.6 Å². The number of fused-ring (bicyclic) bond motifs is 1. The Bertz CT molecular complexity index is 733. The van der Waals surface area contributed by atoms with Gasteiger partial charge in [-0.25, -0.2) is 0 Å². The van der Waals surface area contributed by atoms with E-state index in [1.165, 1.54) is 6.07 Å². The van der Waals surface area contributed by atoms with E-state index in [1.54, 1.807) is 0 Å². The monoisotopic (exact) mass is 348 g/mol. The predicted octanol–water partition coefficient (Wildman–Crippen LogP) is -1.88. The molecule has 0 radical (unpaired) electrons. The van der Waals surface area contributed by atoms with Crippen LogP contribution in [0.15, 0.2) is 20.2 Å². The number of non-ortho nitro benzene ring substituents is 1. The Hall–Kier alpha value is -2.23. The molecule has 0 amide bonds. The summed E-state index contributed by atoms with van der Waals surface area (Å²) < 4.78 is 18.7. The molecule has 0 spiro atoms. The standard InChI is InChI=1S/C9H8N4O6Se/c14-6(9(15)16)3-10-4-1-2-5(13(17)18)8-7(4)11-20(19)12-8/h1-2,6,10,14H,3H2,(H,15,16)/t6-,20?/m0/s1. The Morgan fingerprint density at radius 3 is 2.70 bits per heavy atom. The third-order valence-corrected chi connectivity index (χ3v) is 3.86. The molecule has 1 aliphatic rings. The first-order chi connectivity index (χ1) is 9.40. The van der Waals surface area contributed by atoms with E-state index in [0.29, 0.717) is 0 Å². The van der Waals surface area contributed by atoms with Crippen LogP contribution in [0.3, 0.4) is 0 Å². The van der Waals surface area contributed by atoms with E-state index in [-0.39, 0.29) is 28.6 Å². The fourth-order valence-corrected chi connectivity index (χ4v) is 3.02. The van der Waals surface area contributed by atoms with Gasteiger partial charge in [-0.3, -0.25) is 0 Å². The van der Waals surface area contributed by atoms with Crippen molar-refractivity contribution in [1.29, 1.82) is 0 Å². The molecule has 0 bridgehead atoms. The van der Waals surface area contributed by atoms with Gasteiger partial charge in [-0.2, -0.15) is 0 Å². The third-order valence-electron chi connectivity index (χ3n) is 2.44. The molecule has 1 heterocycles. The van der Waals surface area contributed by atoms with Crippen molar-refractivity contribution in [2.75, 3.05) is 11.9 Å². The molecule has 106 valence electrons. The number of anilines is 1. The molecule has 2 rings (SSSR count). The van der Waals surface area contributed by atoms with Crippen LogP contribution in [-0.4, -0.2) is 48.0 Å². The van der Waals surface area contributed by atoms with Gasteiger partial charge >= 0.3 is 114 Å². The number of carboxylic acids is 1. The van der Waals surface area contributed by atoms with Gasteiger partial charge in [0.2, 0.25) is 0 Å². The first-order valence-electron chi connectivity index (χ1n) is 5.21. The number of hydrogen-bond donors (Lipinski definition) is 3. The molecule has 0 fully saturated rings. The average Bonchev–Trinajstić information content (AvgIpc) is 2.76. The van der Waals surface area contributed by atoms with Crippen molar-refractivity contribution in [2.24, 2.45) is 8.02 Å². The van der Waals surface area contributed by atoms with Gasteiger partial charge in [-0.05, 0) is 0 Å². The van der Waals surface area contributed by atoms with Crippen LogP contribution in [0.25, 0.3) is 0 Å². The minimum atomic E-state index is -2.89. The van der Waals surface area contributed by atoms with E-state index in [4.69, 9.17) is 10.2 Å². The number of nitrogens with one attached hydrogen (secondary N) is 1. The molecular formula is C9H8N4O6Se. The Morgan fingerprint density at radius 2 is 2.10 bits per heavy atom. The van der Waals surface area contributed by atoms with Crippen LogP contribution >= 0.6 is 0 Å². The normalized spacial score (nSPS) is 17.6. The number of carbonyl (C=O) groups is 1. The van der Waals surface area contributed by atoms with Crippen LogP contribution in [0.4, 0.5) is 11.4 Å². The van der Waals surface area contributed by atoms with Crippen LogP contribution in [0.1, 0.15) is 0 Å². The second kappa shape index (κ2) is 5.41. The van der Waals surface area contributed by atoms with Crippen molar-refractivity contribution in [2.45, 2.75) is 6.10 Å². The fraction of sp³-hybridized carbons (Fsp3) is 0.222. The fourth-order valence-electron chi connectivity index (χ4n) is 1.51. The van der Waals surface area contributed by atoms with Crippen molar-refractivity contribution in [3.05, 3.63) is 33.0 Å². The zero-order chi connectivity index (χ0) is 14.9. The quantitative estimate of drug-likeness (QED) is 0.320. The summed E-state index contributed by atoms with van der Waals surface area (Å²) in [5, 5.41) is 31.1. The van der Waals surface area contributed by atoms with E-state index in [1.807, 2.05) is 0 Å². The summed E-state index contributed by atoms with van der Waals surface area (Å²) in [6, 6.07) is 2.45. The Morgan fingerprint density at radius 1 is 1.45 bits per heavy atom. The second-order valence-electron chi connectivity index (χ2n) is 3.73. The molecule has 0 aromatic heterocycles. The number of hydrogen-bond acceptors (Lipinski definition) is 6. The molecule has 11 heteroatoms. The van der Waals surface area contributed by atoms with E-state index in [2.05, 4.69) is 13.3 Å². The average molecular weight is 347 g/mol. The third kappa shape index (κ3) is 2.69. The van der Waals surface area contributed by atoms with Gasteiger partial charge < -0.3 is 0 Å². The minimum absolute atomic E-state index is 0.0526. The number of nitrogens with zero attached hydrogens (tertiary/aromatic N) is 3. The first kappa shape index (κ1) is 14.2. The Balaban J connectivity index is 2.40. The summed E-state index contributed by atoms with van der Waals surface area (Å²) in [5.74, 6) is -1.41. The molecule has 0 saturated heterocycles. The van der Waals surface area contributed by atoms with Crippen LogP contribution in [-0.2, 0) is 8.63 Å². The topological polar surface area (TPSA) is 154 Å². The SMILES string of the molecule is O=C(O)[C@@H](O)CNc1ccc([N+](=O)[O-])c2c1=N[Se](=O)N=2. The number of carboxylic acid groups (broad SMARTS) is 1. The Kier molecular flexibility index (Phi) is 3.84. The number of aliphatic hydroxyl groups is 1. The summed E-state index contributed by atoms with van der Waals surface area (Å²) >= 11 is -2.89. The van der Waals surface area contributed by atoms with Crippen molar-refractivity contribution < 1.29 is 23.8 Å². The van der Waals surface area contributed by atoms with E-state index in [9.17, 15) is 18.7 Å². The van der Waals surface area contributed by atoms with Crippen molar-refractivity contribution in [3.63, 3.8) is 0 Å². The predicted molar refractivity (Wildman–Crippen MR) is 64.0 cm³/mol. The zero-order valence-electron chi connectivity index (χ0n) is 9.72. The van der Waals surface area contributed by atoms with E-state index in [0.717, 1.165) is 6.07 Å². The van der Waals surface area contributed by atoms with E-state index < -0.39 is 31.3 Å². The maximum absolute atomic E-state index is 11.4. The molecule has 2 atom stereocenters. The first-order valence-corrected chi connectivity index (χ1v) is 7.45. The summed E-state index contributed by atoms with van der Waals surface area (Å²) in [7, 11) is 0. The van der Waals surface area contributed by atoms with Crippen LogP contribution in [0, 0.1) is 10.1 Å². The number of aliphatic hydroxyl groups excluding tert-OH is 1. The summed E-state index contributed by atoms with van der Waals surface area (Å²) in [5.41, 5.74) is -0.0908. The summed E-state index contributed by atoms with van der Waals surface area (Å²) in [6.07, 6.45) is -1.64. The molecular weight excluding hydrogens is 339 g/mol. The van der Waals surface area contributed by atoms with Crippen LogP contribution in [0.2, 0.25) is 0 Å². The van der Waals surface area contributed by atoms with Gasteiger partial charge in [0, 0.05) is 0 Å². The molecule has 3 N–H and O–H groups in total. The summed E-state index contributed by atoms with van der Waals surface area (Å²) in [6.45, 7) is -0.321. The molecule has 1 aliphatic heterocycles. The molecule has 0 aliphatic carbocycles. The number of benzene rings is 1. The number of aliphatic carboxylic acids is 1. The zero-order valence-corrected chi connectivity index (χ0v) is 11.4. The summed E-state index contributed by atoms with van der Waals surface area (Å²) in [4.78, 5) is 20.6. The van der Waals surface area contributed by atoms with E-state index >= 15 is 0 Å².